The van der Waals surface area contributed by atoms with Crippen molar-refractivity contribution in [2.75, 3.05) is 0 Å². The van der Waals surface area contributed by atoms with Crippen molar-refractivity contribution < 1.29 is 26.0 Å². The van der Waals surface area contributed by atoms with Crippen LogP contribution < -0.4 is 0 Å². The zero-order valence-corrected chi connectivity index (χ0v) is 15.0. The minimum absolute atomic E-state index is 0.0281. The highest BCUT2D eigenvalue weighted by molar-refractivity contribution is 7.91. The third-order valence-corrected chi connectivity index (χ3v) is 5.95. The number of hydrogen-bond acceptors (Lipinski definition) is 3. The maximum absolute atomic E-state index is 13.2. The fraction of sp³-hybridized carbons (Fsp3) is 0.0588. The summed E-state index contributed by atoms with van der Waals surface area (Å²) in [7, 11) is -4.17. The van der Waals surface area contributed by atoms with Crippen LogP contribution in [0.3, 0.4) is 0 Å². The molecule has 0 saturated heterocycles. The van der Waals surface area contributed by atoms with E-state index in [4.69, 9.17) is 27.6 Å². The van der Waals surface area contributed by atoms with Crippen LogP contribution >= 0.6 is 23.2 Å². The lowest BCUT2D eigenvalue weighted by molar-refractivity contribution is -0.137. The molecule has 136 valence electrons. The quantitative estimate of drug-likeness (QED) is 0.513. The molecule has 0 aliphatic carbocycles. The van der Waals surface area contributed by atoms with E-state index in [2.05, 4.69) is 0 Å². The molecule has 1 aromatic heterocycles. The van der Waals surface area contributed by atoms with Gasteiger partial charge in [0.05, 0.1) is 26.6 Å². The summed E-state index contributed by atoms with van der Waals surface area (Å²) in [6.45, 7) is 0. The monoisotopic (exact) mass is 420 g/mol. The van der Waals surface area contributed by atoms with Crippen LogP contribution in [-0.4, -0.2) is 8.42 Å². The maximum atomic E-state index is 13.2. The lowest BCUT2D eigenvalue weighted by atomic mass is 10.1. The lowest BCUT2D eigenvalue weighted by Crippen LogP contribution is -2.10. The minimum atomic E-state index is -4.75. The topological polar surface area (TPSA) is 47.3 Å². The summed E-state index contributed by atoms with van der Waals surface area (Å²) in [4.78, 5) is -0.529. The Morgan fingerprint density at radius 2 is 1.62 bits per heavy atom. The first kappa shape index (κ1) is 18.8. The molecule has 3 rings (SSSR count). The number of sulfone groups is 1. The van der Waals surface area contributed by atoms with Gasteiger partial charge in [0.15, 0.2) is 0 Å². The standard InChI is InChI=1S/C17H9Cl2F3O3S/c18-10-3-5-11(6-4-10)26(23,24)16-9-14(19)13(17(20,21)22)8-12(16)15-2-1-7-25-15/h1-9H. The fourth-order valence-corrected chi connectivity index (χ4v) is 4.29. The van der Waals surface area contributed by atoms with Crippen LogP contribution in [-0.2, 0) is 16.0 Å². The lowest BCUT2D eigenvalue weighted by Gasteiger charge is -2.15. The molecular weight excluding hydrogens is 412 g/mol. The van der Waals surface area contributed by atoms with Gasteiger partial charge in [-0.3, -0.25) is 0 Å². The average Bonchev–Trinajstić information content (AvgIpc) is 3.08. The second-order valence-corrected chi connectivity index (χ2v) is 8.02. The molecule has 0 spiro atoms. The Kier molecular flexibility index (Phi) is 4.81. The molecule has 0 bridgehead atoms. The summed E-state index contributed by atoms with van der Waals surface area (Å²) in [5, 5.41) is -0.402. The van der Waals surface area contributed by atoms with Gasteiger partial charge < -0.3 is 4.42 Å². The third kappa shape index (κ3) is 3.47. The van der Waals surface area contributed by atoms with Gasteiger partial charge in [0.25, 0.3) is 0 Å². The molecular formula is C17H9Cl2F3O3S. The SMILES string of the molecule is O=S(=O)(c1ccc(Cl)cc1)c1cc(Cl)c(C(F)(F)F)cc1-c1ccco1. The van der Waals surface area contributed by atoms with E-state index in [1.807, 2.05) is 0 Å². The van der Waals surface area contributed by atoms with E-state index in [0.29, 0.717) is 11.1 Å². The van der Waals surface area contributed by atoms with Crippen LogP contribution in [0.4, 0.5) is 13.2 Å². The smallest absolute Gasteiger partial charge is 0.417 e. The van der Waals surface area contributed by atoms with Gasteiger partial charge in [0.2, 0.25) is 9.84 Å². The zero-order valence-electron chi connectivity index (χ0n) is 12.7. The summed E-state index contributed by atoms with van der Waals surface area (Å²) in [6.07, 6.45) is -3.52. The Labute approximate surface area is 156 Å². The first-order valence-electron chi connectivity index (χ1n) is 7.06. The molecule has 1 heterocycles. The third-order valence-electron chi connectivity index (χ3n) is 3.57. The average molecular weight is 421 g/mol. The molecule has 3 aromatic rings. The highest BCUT2D eigenvalue weighted by Crippen LogP contribution is 2.41. The maximum Gasteiger partial charge on any atom is 0.417 e. The van der Waals surface area contributed by atoms with E-state index in [0.717, 1.165) is 6.07 Å². The first-order chi connectivity index (χ1) is 12.1. The van der Waals surface area contributed by atoms with Crippen molar-refractivity contribution in [3.8, 4) is 11.3 Å². The van der Waals surface area contributed by atoms with Crippen LogP contribution in [0.25, 0.3) is 11.3 Å². The molecule has 0 amide bonds. The first-order valence-corrected chi connectivity index (χ1v) is 9.30. The summed E-state index contributed by atoms with van der Waals surface area (Å²) in [5.74, 6) is -0.0281. The second kappa shape index (κ2) is 6.64. The van der Waals surface area contributed by atoms with Gasteiger partial charge in [0, 0.05) is 10.6 Å². The van der Waals surface area contributed by atoms with Gasteiger partial charge in [0.1, 0.15) is 5.76 Å². The van der Waals surface area contributed by atoms with Crippen LogP contribution in [0.2, 0.25) is 10.0 Å². The number of alkyl halides is 3. The van der Waals surface area contributed by atoms with E-state index >= 15 is 0 Å². The molecule has 26 heavy (non-hydrogen) atoms. The van der Waals surface area contributed by atoms with E-state index in [9.17, 15) is 21.6 Å². The molecule has 0 saturated carbocycles. The van der Waals surface area contributed by atoms with Gasteiger partial charge in [-0.15, -0.1) is 0 Å². The van der Waals surface area contributed by atoms with Crippen LogP contribution in [0.1, 0.15) is 5.56 Å². The molecule has 0 aliphatic heterocycles. The van der Waals surface area contributed by atoms with Crippen LogP contribution in [0.5, 0.6) is 0 Å². The van der Waals surface area contributed by atoms with Crippen LogP contribution in [0.15, 0.2) is 69.0 Å². The second-order valence-electron chi connectivity index (χ2n) is 5.26. The predicted octanol–water partition coefficient (Wildman–Crippen LogP) is 6.11. The minimum Gasteiger partial charge on any atom is -0.464 e. The van der Waals surface area contributed by atoms with Gasteiger partial charge in [-0.25, -0.2) is 8.42 Å². The van der Waals surface area contributed by atoms with Crippen molar-refractivity contribution in [1.82, 2.24) is 0 Å². The summed E-state index contributed by atoms with van der Waals surface area (Å²) >= 11 is 11.5. The van der Waals surface area contributed by atoms with Gasteiger partial charge >= 0.3 is 6.18 Å². The number of furan rings is 1. The van der Waals surface area contributed by atoms with Gasteiger partial charge in [-0.05, 0) is 48.5 Å². The van der Waals surface area contributed by atoms with E-state index in [-0.39, 0.29) is 16.2 Å². The molecule has 0 fully saturated rings. The Balaban J connectivity index is 2.30. The number of hydrogen-bond donors (Lipinski definition) is 0. The Bertz CT molecular complexity index is 1040. The Morgan fingerprint density at radius 1 is 0.962 bits per heavy atom. The van der Waals surface area contributed by atoms with Crippen molar-refractivity contribution in [3.05, 3.63) is 70.4 Å². The molecule has 0 radical (unpaired) electrons. The van der Waals surface area contributed by atoms with Crippen molar-refractivity contribution in [2.45, 2.75) is 16.0 Å². The predicted molar refractivity (Wildman–Crippen MR) is 91.1 cm³/mol. The Hall–Kier alpha value is -1.96. The number of halogens is 5. The molecule has 0 atom stereocenters. The van der Waals surface area contributed by atoms with Crippen molar-refractivity contribution in [1.29, 1.82) is 0 Å². The summed E-state index contributed by atoms with van der Waals surface area (Å²) in [6, 6.07) is 9.51. The largest absolute Gasteiger partial charge is 0.464 e. The normalized spacial score (nSPS) is 12.3. The fourth-order valence-electron chi connectivity index (χ4n) is 2.36. The van der Waals surface area contributed by atoms with Crippen molar-refractivity contribution in [3.63, 3.8) is 0 Å². The van der Waals surface area contributed by atoms with E-state index in [1.165, 1.54) is 42.7 Å². The van der Waals surface area contributed by atoms with Crippen LogP contribution in [0, 0.1) is 0 Å². The number of benzene rings is 2. The molecule has 3 nitrogen and oxygen atoms in total. The molecule has 2 aromatic carbocycles. The Morgan fingerprint density at radius 3 is 2.15 bits per heavy atom. The highest BCUT2D eigenvalue weighted by atomic mass is 35.5. The van der Waals surface area contributed by atoms with E-state index in [1.54, 1.807) is 0 Å². The summed E-state index contributed by atoms with van der Waals surface area (Å²) in [5.41, 5.74) is -1.39. The van der Waals surface area contributed by atoms with Crippen molar-refractivity contribution >= 4 is 33.0 Å². The highest BCUT2D eigenvalue weighted by Gasteiger charge is 2.36. The molecule has 0 N–H and O–H groups in total. The van der Waals surface area contributed by atoms with Crippen molar-refractivity contribution in [2.24, 2.45) is 0 Å². The van der Waals surface area contributed by atoms with E-state index < -0.39 is 31.5 Å². The number of rotatable bonds is 3. The molecule has 0 unspecified atom stereocenters. The zero-order chi connectivity index (χ0) is 19.1. The molecule has 9 heteroatoms. The molecule has 0 aliphatic rings. The van der Waals surface area contributed by atoms with Gasteiger partial charge in [-0.2, -0.15) is 13.2 Å². The summed E-state index contributed by atoms with van der Waals surface area (Å²) < 4.78 is 70.6. The van der Waals surface area contributed by atoms with Gasteiger partial charge in [-0.1, -0.05) is 23.2 Å².